The topological polar surface area (TPSA) is 9.23 Å². The van der Waals surface area contributed by atoms with E-state index in [0.29, 0.717) is 12.1 Å². The summed E-state index contributed by atoms with van der Waals surface area (Å²) in [5, 5.41) is 0.720. The van der Waals surface area contributed by atoms with Crippen LogP contribution in [0.4, 0.5) is 0 Å². The SMILES string of the molecule is [B]c1cccc(OCc2cccc(-c3ccccc3)c2Cl)c1. The van der Waals surface area contributed by atoms with Crippen LogP contribution in [0.2, 0.25) is 5.02 Å². The lowest BCUT2D eigenvalue weighted by molar-refractivity contribution is 0.306. The molecule has 3 heteroatoms. The molecule has 0 aliphatic carbocycles. The van der Waals surface area contributed by atoms with Crippen LogP contribution in [0.1, 0.15) is 5.56 Å². The number of halogens is 1. The van der Waals surface area contributed by atoms with Gasteiger partial charge in [0.05, 0.1) is 5.02 Å². The summed E-state index contributed by atoms with van der Waals surface area (Å²) in [7, 11) is 5.75. The molecule has 0 saturated carbocycles. The molecule has 0 saturated heterocycles. The minimum absolute atomic E-state index is 0.406. The van der Waals surface area contributed by atoms with Crippen LogP contribution in [0.25, 0.3) is 11.1 Å². The maximum atomic E-state index is 6.54. The molecular weight excluding hydrogens is 290 g/mol. The zero-order chi connectivity index (χ0) is 15.4. The van der Waals surface area contributed by atoms with Crippen molar-refractivity contribution >= 4 is 24.9 Å². The minimum atomic E-state index is 0.406. The Kier molecular flexibility index (Phi) is 4.50. The predicted octanol–water partition coefficient (Wildman–Crippen LogP) is 4.38. The molecule has 0 bridgehead atoms. The Balaban J connectivity index is 1.83. The summed E-state index contributed by atoms with van der Waals surface area (Å²) >= 11 is 6.54. The Morgan fingerprint density at radius 1 is 0.864 bits per heavy atom. The fraction of sp³-hybridized carbons (Fsp3) is 0.0526. The first-order chi connectivity index (χ1) is 10.7. The summed E-state index contributed by atoms with van der Waals surface area (Å²) in [6.07, 6.45) is 0. The summed E-state index contributed by atoms with van der Waals surface area (Å²) in [5.74, 6) is 0.737. The second-order valence-corrected chi connectivity index (χ2v) is 5.38. The number of rotatable bonds is 4. The number of hydrogen-bond donors (Lipinski definition) is 0. The van der Waals surface area contributed by atoms with Crippen molar-refractivity contribution in [2.24, 2.45) is 0 Å². The van der Waals surface area contributed by atoms with Crippen molar-refractivity contribution in [3.63, 3.8) is 0 Å². The fourth-order valence-electron chi connectivity index (χ4n) is 2.30. The van der Waals surface area contributed by atoms with Crippen molar-refractivity contribution in [1.29, 1.82) is 0 Å². The molecule has 3 aromatic rings. The van der Waals surface area contributed by atoms with Gasteiger partial charge in [0.1, 0.15) is 20.2 Å². The Hall–Kier alpha value is -2.19. The molecule has 1 nitrogen and oxygen atoms in total. The van der Waals surface area contributed by atoms with E-state index >= 15 is 0 Å². The maximum absolute atomic E-state index is 6.54. The van der Waals surface area contributed by atoms with Gasteiger partial charge in [-0.2, -0.15) is 0 Å². The van der Waals surface area contributed by atoms with E-state index in [1.165, 1.54) is 0 Å². The first-order valence-electron chi connectivity index (χ1n) is 7.05. The van der Waals surface area contributed by atoms with Gasteiger partial charge in [0.2, 0.25) is 0 Å². The van der Waals surface area contributed by atoms with Gasteiger partial charge in [0.15, 0.2) is 0 Å². The van der Waals surface area contributed by atoms with Gasteiger partial charge in [0, 0.05) is 11.1 Å². The van der Waals surface area contributed by atoms with Gasteiger partial charge in [-0.05, 0) is 17.7 Å². The highest BCUT2D eigenvalue weighted by Gasteiger charge is 2.08. The van der Waals surface area contributed by atoms with E-state index in [9.17, 15) is 0 Å². The monoisotopic (exact) mass is 304 g/mol. The fourth-order valence-corrected chi connectivity index (χ4v) is 2.59. The van der Waals surface area contributed by atoms with Crippen LogP contribution >= 0.6 is 11.6 Å². The first kappa shape index (κ1) is 14.7. The van der Waals surface area contributed by atoms with Gasteiger partial charge >= 0.3 is 0 Å². The molecule has 0 spiro atoms. The van der Waals surface area contributed by atoms with Crippen LogP contribution in [0, 0.1) is 0 Å². The lowest BCUT2D eigenvalue weighted by Crippen LogP contribution is -2.03. The van der Waals surface area contributed by atoms with Gasteiger partial charge in [-0.1, -0.05) is 77.7 Å². The van der Waals surface area contributed by atoms with Gasteiger partial charge in [-0.15, -0.1) is 0 Å². The zero-order valence-corrected chi connectivity index (χ0v) is 12.8. The minimum Gasteiger partial charge on any atom is -0.489 e. The predicted molar refractivity (Wildman–Crippen MR) is 93.1 cm³/mol. The second-order valence-electron chi connectivity index (χ2n) is 5.01. The molecule has 3 aromatic carbocycles. The van der Waals surface area contributed by atoms with Crippen molar-refractivity contribution in [3.8, 4) is 16.9 Å². The Morgan fingerprint density at radius 3 is 2.41 bits per heavy atom. The third-order valence-corrected chi connectivity index (χ3v) is 3.86. The van der Waals surface area contributed by atoms with Gasteiger partial charge < -0.3 is 4.74 Å². The highest BCUT2D eigenvalue weighted by atomic mass is 35.5. The summed E-state index contributed by atoms with van der Waals surface area (Å²) in [4.78, 5) is 0. The van der Waals surface area contributed by atoms with Crippen LogP contribution < -0.4 is 10.2 Å². The molecular formula is C19H14BClO. The average molecular weight is 305 g/mol. The third-order valence-electron chi connectivity index (χ3n) is 3.42. The van der Waals surface area contributed by atoms with Crippen LogP contribution in [-0.4, -0.2) is 7.85 Å². The highest BCUT2D eigenvalue weighted by molar-refractivity contribution is 6.34. The molecule has 0 aromatic heterocycles. The molecule has 0 atom stereocenters. The molecule has 2 radical (unpaired) electrons. The van der Waals surface area contributed by atoms with E-state index < -0.39 is 0 Å². The largest absolute Gasteiger partial charge is 0.489 e. The Bertz CT molecular complexity index is 771. The number of benzene rings is 3. The van der Waals surface area contributed by atoms with E-state index in [4.69, 9.17) is 24.2 Å². The lowest BCUT2D eigenvalue weighted by Gasteiger charge is -2.11. The Labute approximate surface area is 136 Å². The van der Waals surface area contributed by atoms with Crippen LogP contribution in [0.5, 0.6) is 5.75 Å². The molecule has 3 rings (SSSR count). The molecule has 0 unspecified atom stereocenters. The van der Waals surface area contributed by atoms with Crippen LogP contribution in [0.15, 0.2) is 72.8 Å². The summed E-state index contributed by atoms with van der Waals surface area (Å²) < 4.78 is 5.78. The molecule has 106 valence electrons. The van der Waals surface area contributed by atoms with Gasteiger partial charge in [0.25, 0.3) is 0 Å². The van der Waals surface area contributed by atoms with Gasteiger partial charge in [-0.3, -0.25) is 0 Å². The second kappa shape index (κ2) is 6.72. The average Bonchev–Trinajstić information content (AvgIpc) is 2.55. The molecule has 0 amide bonds. The zero-order valence-electron chi connectivity index (χ0n) is 12.0. The quantitative estimate of drug-likeness (QED) is 0.650. The standard InChI is InChI=1S/C19H14BClO/c20-16-9-5-10-17(12-16)22-13-15-8-4-11-18(19(15)21)14-6-2-1-3-7-14/h1-12H,13H2. The summed E-state index contributed by atoms with van der Waals surface area (Å²) in [5.41, 5.74) is 3.74. The van der Waals surface area contributed by atoms with E-state index in [0.717, 1.165) is 27.5 Å². The van der Waals surface area contributed by atoms with Crippen molar-refractivity contribution < 1.29 is 4.74 Å². The van der Waals surface area contributed by atoms with E-state index in [1.807, 2.05) is 66.7 Å². The van der Waals surface area contributed by atoms with Crippen LogP contribution in [0.3, 0.4) is 0 Å². The first-order valence-corrected chi connectivity index (χ1v) is 7.43. The summed E-state index contributed by atoms with van der Waals surface area (Å²) in [6, 6.07) is 23.4. The van der Waals surface area contributed by atoms with Crippen LogP contribution in [-0.2, 0) is 6.61 Å². The maximum Gasteiger partial charge on any atom is 0.119 e. The molecule has 0 fully saturated rings. The van der Waals surface area contributed by atoms with Crippen molar-refractivity contribution in [1.82, 2.24) is 0 Å². The third kappa shape index (κ3) is 3.34. The van der Waals surface area contributed by atoms with Gasteiger partial charge in [-0.25, -0.2) is 0 Å². The molecule has 0 aliphatic rings. The smallest absolute Gasteiger partial charge is 0.119 e. The van der Waals surface area contributed by atoms with E-state index in [2.05, 4.69) is 0 Å². The normalized spacial score (nSPS) is 10.4. The summed E-state index contributed by atoms with van der Waals surface area (Å²) in [6.45, 7) is 0.406. The van der Waals surface area contributed by atoms with E-state index in [1.54, 1.807) is 6.07 Å². The molecule has 0 N–H and O–H groups in total. The van der Waals surface area contributed by atoms with E-state index in [-0.39, 0.29) is 0 Å². The van der Waals surface area contributed by atoms with Crippen molar-refractivity contribution in [3.05, 3.63) is 83.4 Å². The molecule has 0 heterocycles. The molecule has 0 aliphatic heterocycles. The highest BCUT2D eigenvalue weighted by Crippen LogP contribution is 2.31. The lowest BCUT2D eigenvalue weighted by atomic mass is 9.96. The Morgan fingerprint density at radius 2 is 1.64 bits per heavy atom. The van der Waals surface area contributed by atoms with Crippen molar-refractivity contribution in [2.75, 3.05) is 0 Å². The number of ether oxygens (including phenoxy) is 1. The molecule has 22 heavy (non-hydrogen) atoms. The number of hydrogen-bond acceptors (Lipinski definition) is 1. The van der Waals surface area contributed by atoms with Crippen molar-refractivity contribution in [2.45, 2.75) is 6.61 Å².